The van der Waals surface area contributed by atoms with Gasteiger partial charge in [0.05, 0.1) is 0 Å². The van der Waals surface area contributed by atoms with E-state index in [1.54, 1.807) is 6.92 Å². The third-order valence-electron chi connectivity index (χ3n) is 3.49. The molecule has 130 valence electrons. The molecule has 0 bridgehead atoms. The average Bonchev–Trinajstić information content (AvgIpc) is 2.86. The number of nitrogens with one attached hydrogen (secondary N) is 2. The lowest BCUT2D eigenvalue weighted by Crippen LogP contribution is -2.31. The van der Waals surface area contributed by atoms with Crippen molar-refractivity contribution in [1.29, 1.82) is 0 Å². The van der Waals surface area contributed by atoms with Crippen molar-refractivity contribution in [2.24, 2.45) is 0 Å². The van der Waals surface area contributed by atoms with Crippen LogP contribution in [0.2, 0.25) is 0 Å². The fraction of sp³-hybridized carbons (Fsp3) is 0.375. The molecule has 7 nitrogen and oxygen atoms in total. The number of sulfonamides is 1. The minimum absolute atomic E-state index is 0.00608. The monoisotopic (exact) mass is 351 g/mol. The number of nitrogens with zero attached hydrogens (tertiary/aromatic N) is 1. The molecule has 2 N–H and O–H groups in total. The lowest BCUT2D eigenvalue weighted by atomic mass is 10.1. The summed E-state index contributed by atoms with van der Waals surface area (Å²) in [6.07, 6.45) is 0.0501. The first kappa shape index (κ1) is 18.2. The lowest BCUT2D eigenvalue weighted by molar-refractivity contribution is -0.121. The van der Waals surface area contributed by atoms with Crippen molar-refractivity contribution in [3.05, 3.63) is 46.8 Å². The molecule has 1 amide bonds. The predicted molar refractivity (Wildman–Crippen MR) is 88.8 cm³/mol. The fourth-order valence-electron chi connectivity index (χ4n) is 2.22. The van der Waals surface area contributed by atoms with E-state index >= 15 is 0 Å². The molecule has 0 radical (unpaired) electrons. The predicted octanol–water partition coefficient (Wildman–Crippen LogP) is 1.58. The molecule has 0 aliphatic carbocycles. The maximum Gasteiger partial charge on any atom is 0.245 e. The van der Waals surface area contributed by atoms with Gasteiger partial charge in [-0.25, -0.2) is 13.1 Å². The second-order valence-corrected chi connectivity index (χ2v) is 7.27. The molecule has 2 aromatic rings. The SMILES string of the molecule is Cc1ccc(CNC(=O)CCNS(=O)(=O)c2c(C)noc2C)cc1. The van der Waals surface area contributed by atoms with Gasteiger partial charge in [-0.1, -0.05) is 35.0 Å². The van der Waals surface area contributed by atoms with Crippen molar-refractivity contribution >= 4 is 15.9 Å². The Bertz CT molecular complexity index is 791. The summed E-state index contributed by atoms with van der Waals surface area (Å²) < 4.78 is 31.6. The molecular formula is C16H21N3O4S. The lowest BCUT2D eigenvalue weighted by Gasteiger charge is -2.07. The van der Waals surface area contributed by atoms with Gasteiger partial charge in [0.2, 0.25) is 15.9 Å². The maximum absolute atomic E-state index is 12.2. The molecule has 0 unspecified atom stereocenters. The Kier molecular flexibility index (Phi) is 5.74. The van der Waals surface area contributed by atoms with E-state index in [1.165, 1.54) is 6.92 Å². The molecule has 8 heteroatoms. The smallest absolute Gasteiger partial charge is 0.245 e. The van der Waals surface area contributed by atoms with Gasteiger partial charge in [0.15, 0.2) is 5.76 Å². The van der Waals surface area contributed by atoms with Crippen molar-refractivity contribution < 1.29 is 17.7 Å². The van der Waals surface area contributed by atoms with Crippen LogP contribution in [0.4, 0.5) is 0 Å². The molecule has 2 rings (SSSR count). The first-order valence-electron chi connectivity index (χ1n) is 7.54. The molecule has 1 heterocycles. The van der Waals surface area contributed by atoms with Gasteiger partial charge in [-0.3, -0.25) is 4.79 Å². The summed E-state index contributed by atoms with van der Waals surface area (Å²) in [5.74, 6) is 0.000796. The first-order chi connectivity index (χ1) is 11.3. The van der Waals surface area contributed by atoms with E-state index in [0.29, 0.717) is 12.2 Å². The molecule has 1 aromatic heterocycles. The van der Waals surface area contributed by atoms with Gasteiger partial charge < -0.3 is 9.84 Å². The number of hydrogen-bond donors (Lipinski definition) is 2. The molecule has 0 aliphatic rings. The summed E-state index contributed by atoms with van der Waals surface area (Å²) in [4.78, 5) is 11.8. The van der Waals surface area contributed by atoms with Gasteiger partial charge in [0, 0.05) is 19.5 Å². The third kappa shape index (κ3) is 4.65. The van der Waals surface area contributed by atoms with Crippen LogP contribution in [0.3, 0.4) is 0 Å². The van der Waals surface area contributed by atoms with Crippen LogP contribution in [0.25, 0.3) is 0 Å². The van der Waals surface area contributed by atoms with Crippen LogP contribution in [-0.2, 0) is 21.4 Å². The van der Waals surface area contributed by atoms with Gasteiger partial charge >= 0.3 is 0 Å². The van der Waals surface area contributed by atoms with E-state index in [0.717, 1.165) is 11.1 Å². The summed E-state index contributed by atoms with van der Waals surface area (Å²) in [6.45, 7) is 5.50. The number of benzene rings is 1. The summed E-state index contributed by atoms with van der Waals surface area (Å²) in [7, 11) is -3.73. The number of amides is 1. The van der Waals surface area contributed by atoms with Crippen LogP contribution >= 0.6 is 0 Å². The van der Waals surface area contributed by atoms with Gasteiger partial charge in [-0.05, 0) is 26.3 Å². The zero-order valence-corrected chi connectivity index (χ0v) is 14.7. The zero-order chi connectivity index (χ0) is 17.7. The number of aromatic nitrogens is 1. The van der Waals surface area contributed by atoms with Gasteiger partial charge in [0.1, 0.15) is 10.6 Å². The second kappa shape index (κ2) is 7.59. The van der Waals surface area contributed by atoms with Crippen molar-refractivity contribution in [2.75, 3.05) is 6.54 Å². The molecule has 0 saturated carbocycles. The van der Waals surface area contributed by atoms with Gasteiger partial charge in [0.25, 0.3) is 0 Å². The molecule has 0 aliphatic heterocycles. The van der Waals surface area contributed by atoms with E-state index in [4.69, 9.17) is 4.52 Å². The number of carbonyl (C=O) groups is 1. The normalized spacial score (nSPS) is 11.5. The van der Waals surface area contributed by atoms with Gasteiger partial charge in [-0.2, -0.15) is 0 Å². The van der Waals surface area contributed by atoms with Crippen molar-refractivity contribution in [2.45, 2.75) is 38.6 Å². The highest BCUT2D eigenvalue weighted by Gasteiger charge is 2.23. The number of aryl methyl sites for hydroxylation is 3. The number of hydrogen-bond acceptors (Lipinski definition) is 5. The Morgan fingerprint density at radius 1 is 1.17 bits per heavy atom. The van der Waals surface area contributed by atoms with Crippen LogP contribution in [0.5, 0.6) is 0 Å². The topological polar surface area (TPSA) is 101 Å². The standard InChI is InChI=1S/C16H21N3O4S/c1-11-4-6-14(7-5-11)10-17-15(20)8-9-18-24(21,22)16-12(2)19-23-13(16)3/h4-7,18H,8-10H2,1-3H3,(H,17,20). The molecule has 24 heavy (non-hydrogen) atoms. The van der Waals surface area contributed by atoms with Crippen LogP contribution in [-0.4, -0.2) is 26.0 Å². The molecular weight excluding hydrogens is 330 g/mol. The Morgan fingerprint density at radius 2 is 1.83 bits per heavy atom. The highest BCUT2D eigenvalue weighted by atomic mass is 32.2. The van der Waals surface area contributed by atoms with Gasteiger partial charge in [-0.15, -0.1) is 0 Å². The molecule has 0 saturated heterocycles. The average molecular weight is 351 g/mol. The van der Waals surface area contributed by atoms with Crippen LogP contribution in [0.1, 0.15) is 29.0 Å². The van der Waals surface area contributed by atoms with E-state index < -0.39 is 10.0 Å². The molecule has 0 atom stereocenters. The van der Waals surface area contributed by atoms with E-state index in [-0.39, 0.29) is 29.5 Å². The molecule has 0 spiro atoms. The Hall–Kier alpha value is -2.19. The van der Waals surface area contributed by atoms with Crippen LogP contribution < -0.4 is 10.0 Å². The van der Waals surface area contributed by atoms with Crippen LogP contribution in [0.15, 0.2) is 33.7 Å². The Morgan fingerprint density at radius 3 is 2.42 bits per heavy atom. The first-order valence-corrected chi connectivity index (χ1v) is 9.02. The second-order valence-electron chi connectivity index (χ2n) is 5.56. The minimum atomic E-state index is -3.73. The van der Waals surface area contributed by atoms with Crippen molar-refractivity contribution in [3.63, 3.8) is 0 Å². The van der Waals surface area contributed by atoms with E-state index in [9.17, 15) is 13.2 Å². The van der Waals surface area contributed by atoms with Crippen molar-refractivity contribution in [3.8, 4) is 0 Å². The molecule has 1 aromatic carbocycles. The Balaban J connectivity index is 1.81. The van der Waals surface area contributed by atoms with Crippen LogP contribution in [0, 0.1) is 20.8 Å². The highest BCUT2D eigenvalue weighted by Crippen LogP contribution is 2.18. The molecule has 0 fully saturated rings. The summed E-state index contributed by atoms with van der Waals surface area (Å²) in [5, 5.41) is 6.38. The van der Waals surface area contributed by atoms with E-state index in [1.807, 2.05) is 31.2 Å². The minimum Gasteiger partial charge on any atom is -0.360 e. The highest BCUT2D eigenvalue weighted by molar-refractivity contribution is 7.89. The zero-order valence-electron chi connectivity index (χ0n) is 13.9. The summed E-state index contributed by atoms with van der Waals surface area (Å²) in [5.41, 5.74) is 2.44. The summed E-state index contributed by atoms with van der Waals surface area (Å²) >= 11 is 0. The third-order valence-corrected chi connectivity index (χ3v) is 5.20. The quantitative estimate of drug-likeness (QED) is 0.789. The fourth-order valence-corrected chi connectivity index (χ4v) is 3.58. The largest absolute Gasteiger partial charge is 0.360 e. The summed E-state index contributed by atoms with van der Waals surface area (Å²) in [6, 6.07) is 7.82. The number of carbonyl (C=O) groups excluding carboxylic acids is 1. The Labute approximate surface area is 141 Å². The van der Waals surface area contributed by atoms with Crippen molar-refractivity contribution in [1.82, 2.24) is 15.2 Å². The van der Waals surface area contributed by atoms with E-state index in [2.05, 4.69) is 15.2 Å². The number of rotatable bonds is 7. The maximum atomic E-state index is 12.2.